The lowest BCUT2D eigenvalue weighted by atomic mass is 10.1. The second-order valence-electron chi connectivity index (χ2n) is 4.28. The highest BCUT2D eigenvalue weighted by Crippen LogP contribution is 2.19. The highest BCUT2D eigenvalue weighted by atomic mass is 79.9. The van der Waals surface area contributed by atoms with Gasteiger partial charge < -0.3 is 4.90 Å². The normalized spacial score (nSPS) is 10.8. The molecule has 0 aliphatic carbocycles. The van der Waals surface area contributed by atoms with Crippen molar-refractivity contribution in [2.24, 2.45) is 0 Å². The minimum atomic E-state index is -0.528. The van der Waals surface area contributed by atoms with Crippen molar-refractivity contribution in [3.05, 3.63) is 34.6 Å². The van der Waals surface area contributed by atoms with Crippen molar-refractivity contribution >= 4 is 33.4 Å². The third-order valence-electron chi connectivity index (χ3n) is 3.13. The van der Waals surface area contributed by atoms with Gasteiger partial charge in [-0.15, -0.1) is 0 Å². The van der Waals surface area contributed by atoms with Crippen LogP contribution in [-0.4, -0.2) is 28.7 Å². The molecule has 0 aliphatic rings. The maximum absolute atomic E-state index is 13.8. The van der Waals surface area contributed by atoms with E-state index >= 15 is 0 Å². The third-order valence-corrected chi connectivity index (χ3v) is 3.72. The molecule has 0 heterocycles. The van der Waals surface area contributed by atoms with Crippen LogP contribution in [0.1, 0.15) is 37.0 Å². The molecule has 0 spiro atoms. The maximum Gasteiger partial charge on any atom is 0.257 e. The van der Waals surface area contributed by atoms with Crippen LogP contribution in [0.3, 0.4) is 0 Å². The van der Waals surface area contributed by atoms with Crippen molar-refractivity contribution in [3.8, 4) is 0 Å². The SMILES string of the molecule is CCC(CC)N(CCBr)C(=O)c1cc(Cl)ccc1F. The van der Waals surface area contributed by atoms with Crippen LogP contribution in [0.25, 0.3) is 0 Å². The standard InChI is InChI=1S/C14H18BrClFNO/c1-3-11(4-2)18(8-7-15)14(19)12-9-10(16)5-6-13(12)17/h5-6,9,11H,3-4,7-8H2,1-2H3. The van der Waals surface area contributed by atoms with Crippen LogP contribution in [0.5, 0.6) is 0 Å². The number of rotatable bonds is 6. The van der Waals surface area contributed by atoms with E-state index in [0.29, 0.717) is 16.9 Å². The van der Waals surface area contributed by atoms with E-state index < -0.39 is 5.82 Å². The number of amides is 1. The number of benzene rings is 1. The number of hydrogen-bond acceptors (Lipinski definition) is 1. The highest BCUT2D eigenvalue weighted by molar-refractivity contribution is 9.09. The molecule has 19 heavy (non-hydrogen) atoms. The molecule has 0 bridgehead atoms. The number of halogens is 3. The molecule has 0 saturated heterocycles. The first-order valence-electron chi connectivity index (χ1n) is 6.37. The molecule has 1 amide bonds. The lowest BCUT2D eigenvalue weighted by molar-refractivity contribution is 0.0678. The topological polar surface area (TPSA) is 20.3 Å². The smallest absolute Gasteiger partial charge is 0.257 e. The first kappa shape index (κ1) is 16.4. The molecule has 0 aromatic heterocycles. The van der Waals surface area contributed by atoms with Crippen molar-refractivity contribution in [2.45, 2.75) is 32.7 Å². The summed E-state index contributed by atoms with van der Waals surface area (Å²) in [6.07, 6.45) is 1.69. The van der Waals surface area contributed by atoms with Gasteiger partial charge in [0.25, 0.3) is 5.91 Å². The molecule has 1 rings (SSSR count). The van der Waals surface area contributed by atoms with Crippen molar-refractivity contribution in [2.75, 3.05) is 11.9 Å². The Morgan fingerprint density at radius 2 is 2.05 bits per heavy atom. The van der Waals surface area contributed by atoms with E-state index in [1.807, 2.05) is 13.8 Å². The summed E-state index contributed by atoms with van der Waals surface area (Å²) in [6.45, 7) is 4.60. The van der Waals surface area contributed by atoms with E-state index in [4.69, 9.17) is 11.6 Å². The molecule has 5 heteroatoms. The van der Waals surface area contributed by atoms with Gasteiger partial charge in [0.05, 0.1) is 5.56 Å². The molecule has 1 aromatic rings. The Morgan fingerprint density at radius 3 is 2.58 bits per heavy atom. The summed E-state index contributed by atoms with van der Waals surface area (Å²) in [6, 6.07) is 4.18. The summed E-state index contributed by atoms with van der Waals surface area (Å²) in [5.74, 6) is -0.826. The van der Waals surface area contributed by atoms with Gasteiger partial charge in [-0.2, -0.15) is 0 Å². The minimum Gasteiger partial charge on any atom is -0.335 e. The zero-order valence-corrected chi connectivity index (χ0v) is 13.5. The Bertz CT molecular complexity index is 437. The molecule has 106 valence electrons. The van der Waals surface area contributed by atoms with E-state index in [0.717, 1.165) is 12.8 Å². The van der Waals surface area contributed by atoms with Gasteiger partial charge in [0, 0.05) is 22.9 Å². The van der Waals surface area contributed by atoms with Crippen molar-refractivity contribution in [3.63, 3.8) is 0 Å². The van der Waals surface area contributed by atoms with Crippen LogP contribution in [0.15, 0.2) is 18.2 Å². The van der Waals surface area contributed by atoms with Crippen molar-refractivity contribution < 1.29 is 9.18 Å². The molecule has 0 N–H and O–H groups in total. The fourth-order valence-corrected chi connectivity index (χ4v) is 2.64. The zero-order chi connectivity index (χ0) is 14.4. The number of carbonyl (C=O) groups excluding carboxylic acids is 1. The fourth-order valence-electron chi connectivity index (χ4n) is 2.09. The Hall–Kier alpha value is -0.610. The average Bonchev–Trinajstić information content (AvgIpc) is 2.41. The van der Waals surface area contributed by atoms with Gasteiger partial charge >= 0.3 is 0 Å². The van der Waals surface area contributed by atoms with Crippen molar-refractivity contribution in [1.82, 2.24) is 4.90 Å². The van der Waals surface area contributed by atoms with Gasteiger partial charge in [-0.1, -0.05) is 41.4 Å². The van der Waals surface area contributed by atoms with Crippen LogP contribution in [0, 0.1) is 5.82 Å². The number of alkyl halides is 1. The molecule has 0 aliphatic heterocycles. The lowest BCUT2D eigenvalue weighted by Crippen LogP contribution is -2.41. The molecule has 0 atom stereocenters. The van der Waals surface area contributed by atoms with E-state index in [2.05, 4.69) is 15.9 Å². The molecular weight excluding hydrogens is 333 g/mol. The Kier molecular flexibility index (Phi) is 6.80. The van der Waals surface area contributed by atoms with Crippen LogP contribution >= 0.6 is 27.5 Å². The summed E-state index contributed by atoms with van der Waals surface area (Å²) < 4.78 is 13.8. The fraction of sp³-hybridized carbons (Fsp3) is 0.500. The van der Waals surface area contributed by atoms with Gasteiger partial charge in [-0.05, 0) is 31.0 Å². The summed E-state index contributed by atoms with van der Waals surface area (Å²) in [5, 5.41) is 1.03. The largest absolute Gasteiger partial charge is 0.335 e. The summed E-state index contributed by atoms with van der Waals surface area (Å²) in [4.78, 5) is 14.2. The van der Waals surface area contributed by atoms with E-state index in [1.54, 1.807) is 4.90 Å². The van der Waals surface area contributed by atoms with Crippen LogP contribution in [0.4, 0.5) is 4.39 Å². The predicted molar refractivity (Wildman–Crippen MR) is 80.6 cm³/mol. The van der Waals surface area contributed by atoms with Gasteiger partial charge in [0.1, 0.15) is 5.82 Å². The second-order valence-corrected chi connectivity index (χ2v) is 5.51. The van der Waals surface area contributed by atoms with Crippen LogP contribution in [0.2, 0.25) is 5.02 Å². The monoisotopic (exact) mass is 349 g/mol. The number of nitrogens with zero attached hydrogens (tertiary/aromatic N) is 1. The van der Waals surface area contributed by atoms with Crippen LogP contribution in [-0.2, 0) is 0 Å². The average molecular weight is 351 g/mol. The third kappa shape index (κ3) is 4.18. The Balaban J connectivity index is 3.08. The summed E-state index contributed by atoms with van der Waals surface area (Å²) >= 11 is 9.18. The van der Waals surface area contributed by atoms with E-state index in [9.17, 15) is 9.18 Å². The molecule has 0 radical (unpaired) electrons. The lowest BCUT2D eigenvalue weighted by Gasteiger charge is -2.30. The first-order chi connectivity index (χ1) is 9.04. The van der Waals surface area contributed by atoms with Gasteiger partial charge in [-0.3, -0.25) is 4.79 Å². The number of carbonyl (C=O) groups is 1. The maximum atomic E-state index is 13.8. The first-order valence-corrected chi connectivity index (χ1v) is 7.87. The van der Waals surface area contributed by atoms with E-state index in [-0.39, 0.29) is 17.5 Å². The molecular formula is C14H18BrClFNO. The van der Waals surface area contributed by atoms with Crippen molar-refractivity contribution in [1.29, 1.82) is 0 Å². The number of hydrogen-bond donors (Lipinski definition) is 0. The summed E-state index contributed by atoms with van der Waals surface area (Å²) in [7, 11) is 0. The second kappa shape index (κ2) is 7.85. The molecule has 0 saturated carbocycles. The Morgan fingerprint density at radius 1 is 1.42 bits per heavy atom. The minimum absolute atomic E-state index is 0.0420. The molecule has 1 aromatic carbocycles. The van der Waals surface area contributed by atoms with Crippen LogP contribution < -0.4 is 0 Å². The van der Waals surface area contributed by atoms with Gasteiger partial charge in [-0.25, -0.2) is 4.39 Å². The summed E-state index contributed by atoms with van der Waals surface area (Å²) in [5.41, 5.74) is 0.0420. The zero-order valence-electron chi connectivity index (χ0n) is 11.1. The van der Waals surface area contributed by atoms with Gasteiger partial charge in [0.15, 0.2) is 0 Å². The predicted octanol–water partition coefficient (Wildman–Crippen LogP) is 4.50. The molecule has 0 fully saturated rings. The molecule has 2 nitrogen and oxygen atoms in total. The Labute approximate surface area is 127 Å². The van der Waals surface area contributed by atoms with E-state index in [1.165, 1.54) is 18.2 Å². The molecule has 0 unspecified atom stereocenters. The highest BCUT2D eigenvalue weighted by Gasteiger charge is 2.24. The van der Waals surface area contributed by atoms with Gasteiger partial charge in [0.2, 0.25) is 0 Å². The quantitative estimate of drug-likeness (QED) is 0.692.